The van der Waals surface area contributed by atoms with Crippen LogP contribution in [0.3, 0.4) is 0 Å². The highest BCUT2D eigenvalue weighted by molar-refractivity contribution is 5.93. The number of hydrogen-bond donors (Lipinski definition) is 0. The molecule has 0 bridgehead atoms. The van der Waals surface area contributed by atoms with Crippen LogP contribution < -0.4 is 0 Å². The second-order valence-corrected chi connectivity index (χ2v) is 3.36. The van der Waals surface area contributed by atoms with Crippen LogP contribution in [-0.2, 0) is 14.3 Å². The lowest BCUT2D eigenvalue weighted by Crippen LogP contribution is -2.26. The molecule has 0 spiro atoms. The summed E-state index contributed by atoms with van der Waals surface area (Å²) in [6.07, 6.45) is 1.59. The molecule has 0 aromatic carbocycles. The van der Waals surface area contributed by atoms with Crippen molar-refractivity contribution in [3.8, 4) is 0 Å². The minimum Gasteiger partial charge on any atom is -0.458 e. The van der Waals surface area contributed by atoms with Crippen LogP contribution in [0.1, 0.15) is 19.3 Å². The van der Waals surface area contributed by atoms with Gasteiger partial charge in [-0.3, -0.25) is 4.79 Å². The Labute approximate surface area is 70.4 Å². The molecule has 2 aliphatic rings. The number of Topliss-reactive ketones (excluding diaryl/α,β-unsaturated/α-hetero) is 1. The third-order valence-corrected chi connectivity index (χ3v) is 2.57. The Bertz CT molecular complexity index is 267. The van der Waals surface area contributed by atoms with Gasteiger partial charge in [0.2, 0.25) is 0 Å². The first-order valence-electron chi connectivity index (χ1n) is 4.10. The van der Waals surface area contributed by atoms with Crippen LogP contribution >= 0.6 is 0 Å². The van der Waals surface area contributed by atoms with E-state index in [1.54, 1.807) is 0 Å². The van der Waals surface area contributed by atoms with Gasteiger partial charge < -0.3 is 4.74 Å². The summed E-state index contributed by atoms with van der Waals surface area (Å²) >= 11 is 0. The van der Waals surface area contributed by atoms with Crippen LogP contribution in [0.2, 0.25) is 0 Å². The second kappa shape index (κ2) is 2.44. The number of rotatable bonds is 0. The fourth-order valence-corrected chi connectivity index (χ4v) is 1.84. The van der Waals surface area contributed by atoms with Gasteiger partial charge in [-0.2, -0.15) is 0 Å². The van der Waals surface area contributed by atoms with E-state index in [0.29, 0.717) is 24.8 Å². The van der Waals surface area contributed by atoms with Crippen molar-refractivity contribution in [2.45, 2.75) is 25.4 Å². The summed E-state index contributed by atoms with van der Waals surface area (Å²) in [6, 6.07) is 0. The third kappa shape index (κ3) is 0.967. The van der Waals surface area contributed by atoms with Crippen LogP contribution in [0.4, 0.5) is 0 Å². The van der Waals surface area contributed by atoms with Gasteiger partial charge in [-0.25, -0.2) is 4.79 Å². The maximum atomic E-state index is 11.0. The molecule has 0 aromatic rings. The summed E-state index contributed by atoms with van der Waals surface area (Å²) < 4.78 is 5.04. The largest absolute Gasteiger partial charge is 0.458 e. The van der Waals surface area contributed by atoms with Crippen molar-refractivity contribution in [1.29, 1.82) is 0 Å². The van der Waals surface area contributed by atoms with Crippen LogP contribution in [0, 0.1) is 5.92 Å². The first kappa shape index (κ1) is 7.53. The van der Waals surface area contributed by atoms with Crippen LogP contribution in [0.25, 0.3) is 0 Å². The van der Waals surface area contributed by atoms with E-state index in [1.165, 1.54) is 0 Å². The van der Waals surface area contributed by atoms with Gasteiger partial charge in [0.1, 0.15) is 11.9 Å². The molecule has 1 aliphatic heterocycles. The van der Waals surface area contributed by atoms with E-state index in [0.717, 1.165) is 0 Å². The van der Waals surface area contributed by atoms with Gasteiger partial charge in [0, 0.05) is 24.3 Å². The number of hydrogen-bond acceptors (Lipinski definition) is 3. The molecule has 0 amide bonds. The first-order chi connectivity index (χ1) is 5.68. The molecule has 0 radical (unpaired) electrons. The lowest BCUT2D eigenvalue weighted by Gasteiger charge is -2.21. The van der Waals surface area contributed by atoms with Gasteiger partial charge in [0.05, 0.1) is 0 Å². The van der Waals surface area contributed by atoms with E-state index in [9.17, 15) is 9.59 Å². The standard InChI is InChI=1S/C9H10O3/c1-5-7-4-6(10)2-3-8(7)12-9(5)11/h7-8H,1-4H2/t7-,8+/m0/s1. The molecule has 1 saturated carbocycles. The first-order valence-corrected chi connectivity index (χ1v) is 4.10. The maximum Gasteiger partial charge on any atom is 0.334 e. The average Bonchev–Trinajstić information content (AvgIpc) is 2.31. The molecule has 3 heteroatoms. The predicted octanol–water partition coefficient (Wildman–Crippen LogP) is 0.837. The minimum atomic E-state index is -0.320. The van der Waals surface area contributed by atoms with Gasteiger partial charge in [-0.15, -0.1) is 0 Å². The van der Waals surface area contributed by atoms with Crippen molar-refractivity contribution < 1.29 is 14.3 Å². The SMILES string of the molecule is C=C1C(=O)O[C@@H]2CCC(=O)C[C@@H]12. The van der Waals surface area contributed by atoms with Gasteiger partial charge in [-0.05, 0) is 6.42 Å². The van der Waals surface area contributed by atoms with E-state index in [1.807, 2.05) is 0 Å². The average molecular weight is 166 g/mol. The Morgan fingerprint density at radius 3 is 2.92 bits per heavy atom. The number of carbonyl (C=O) groups is 2. The molecule has 1 aliphatic carbocycles. The molecule has 3 nitrogen and oxygen atoms in total. The van der Waals surface area contributed by atoms with E-state index >= 15 is 0 Å². The molecule has 2 atom stereocenters. The van der Waals surface area contributed by atoms with Gasteiger partial charge in [-0.1, -0.05) is 6.58 Å². The Morgan fingerprint density at radius 1 is 1.42 bits per heavy atom. The summed E-state index contributed by atoms with van der Waals surface area (Å²) in [5.41, 5.74) is 0.480. The van der Waals surface area contributed by atoms with Crippen molar-refractivity contribution in [3.63, 3.8) is 0 Å². The number of fused-ring (bicyclic) bond motifs is 1. The van der Waals surface area contributed by atoms with Crippen LogP contribution in [-0.4, -0.2) is 17.9 Å². The second-order valence-electron chi connectivity index (χ2n) is 3.36. The zero-order valence-electron chi connectivity index (χ0n) is 6.71. The summed E-state index contributed by atoms with van der Waals surface area (Å²) in [4.78, 5) is 22.1. The van der Waals surface area contributed by atoms with Gasteiger partial charge in [0.15, 0.2) is 0 Å². The molecule has 64 valence electrons. The molecular weight excluding hydrogens is 156 g/mol. The maximum absolute atomic E-state index is 11.0. The van der Waals surface area contributed by atoms with Crippen LogP contribution in [0.15, 0.2) is 12.2 Å². The Hall–Kier alpha value is -1.12. The lowest BCUT2D eigenvalue weighted by molar-refractivity contribution is -0.141. The van der Waals surface area contributed by atoms with Crippen LogP contribution in [0.5, 0.6) is 0 Å². The molecule has 1 saturated heterocycles. The zero-order valence-corrected chi connectivity index (χ0v) is 6.71. The minimum absolute atomic E-state index is 0.0289. The Kier molecular flexibility index (Phi) is 1.53. The smallest absolute Gasteiger partial charge is 0.334 e. The van der Waals surface area contributed by atoms with E-state index in [-0.39, 0.29) is 23.8 Å². The lowest BCUT2D eigenvalue weighted by atomic mass is 9.83. The molecule has 0 aromatic heterocycles. The van der Waals surface area contributed by atoms with Crippen molar-refractivity contribution in [1.82, 2.24) is 0 Å². The zero-order chi connectivity index (χ0) is 8.72. The molecule has 2 rings (SSSR count). The number of carbonyl (C=O) groups excluding carboxylic acids is 2. The fourth-order valence-electron chi connectivity index (χ4n) is 1.84. The molecule has 2 fully saturated rings. The summed E-state index contributed by atoms with van der Waals surface area (Å²) in [6.45, 7) is 3.63. The summed E-state index contributed by atoms with van der Waals surface area (Å²) in [7, 11) is 0. The molecule has 0 N–H and O–H groups in total. The number of ether oxygens (including phenoxy) is 1. The number of ketones is 1. The van der Waals surface area contributed by atoms with Crippen molar-refractivity contribution in [2.24, 2.45) is 5.92 Å². The number of esters is 1. The van der Waals surface area contributed by atoms with Crippen molar-refractivity contribution in [2.75, 3.05) is 0 Å². The molecule has 12 heavy (non-hydrogen) atoms. The molecule has 0 unspecified atom stereocenters. The Morgan fingerprint density at radius 2 is 2.17 bits per heavy atom. The van der Waals surface area contributed by atoms with Gasteiger partial charge >= 0.3 is 5.97 Å². The molecule has 1 heterocycles. The topological polar surface area (TPSA) is 43.4 Å². The van der Waals surface area contributed by atoms with Gasteiger partial charge in [0.25, 0.3) is 0 Å². The normalized spacial score (nSPS) is 34.8. The highest BCUT2D eigenvalue weighted by Crippen LogP contribution is 2.35. The molecular formula is C9H10O3. The third-order valence-electron chi connectivity index (χ3n) is 2.57. The quantitative estimate of drug-likeness (QED) is 0.395. The predicted molar refractivity (Wildman–Crippen MR) is 41.4 cm³/mol. The van der Waals surface area contributed by atoms with E-state index < -0.39 is 0 Å². The summed E-state index contributed by atoms with van der Waals surface area (Å²) in [5.74, 6) is -0.130. The highest BCUT2D eigenvalue weighted by Gasteiger charge is 2.42. The Balaban J connectivity index is 2.21. The van der Waals surface area contributed by atoms with Crippen molar-refractivity contribution >= 4 is 11.8 Å². The highest BCUT2D eigenvalue weighted by atomic mass is 16.6. The fraction of sp³-hybridized carbons (Fsp3) is 0.556. The van der Waals surface area contributed by atoms with Crippen molar-refractivity contribution in [3.05, 3.63) is 12.2 Å². The van der Waals surface area contributed by atoms with E-state index in [2.05, 4.69) is 6.58 Å². The monoisotopic (exact) mass is 166 g/mol. The van der Waals surface area contributed by atoms with E-state index in [4.69, 9.17) is 4.74 Å². The summed E-state index contributed by atoms with van der Waals surface area (Å²) in [5, 5.41) is 0.